The molecule has 0 unspecified atom stereocenters. The molecule has 20 heavy (non-hydrogen) atoms. The van der Waals surface area contributed by atoms with Crippen LogP contribution in [-0.4, -0.2) is 4.98 Å². The monoisotopic (exact) mass is 305 g/mol. The first-order chi connectivity index (χ1) is 9.56. The van der Waals surface area contributed by atoms with Gasteiger partial charge in [-0.3, -0.25) is 0 Å². The molecule has 2 heterocycles. The lowest BCUT2D eigenvalue weighted by atomic mass is 10.0. The zero-order chi connectivity index (χ0) is 14.3. The van der Waals surface area contributed by atoms with E-state index >= 15 is 0 Å². The Morgan fingerprint density at radius 3 is 2.80 bits per heavy atom. The van der Waals surface area contributed by atoms with E-state index in [1.54, 1.807) is 6.07 Å². The number of thiophene rings is 1. The van der Waals surface area contributed by atoms with Crippen molar-refractivity contribution in [2.75, 3.05) is 0 Å². The van der Waals surface area contributed by atoms with Crippen LogP contribution in [0.25, 0.3) is 21.3 Å². The van der Waals surface area contributed by atoms with Gasteiger partial charge < -0.3 is 0 Å². The third-order valence-corrected chi connectivity index (χ3v) is 4.51. The molecule has 0 saturated heterocycles. The summed E-state index contributed by atoms with van der Waals surface area (Å²) in [7, 11) is 0. The lowest BCUT2D eigenvalue weighted by molar-refractivity contribution is 0.642. The number of hydrogen-bond donors (Lipinski definition) is 0. The Bertz CT molecular complexity index is 779. The van der Waals surface area contributed by atoms with Gasteiger partial charge in [-0.25, -0.2) is 9.37 Å². The molecule has 102 valence electrons. The summed E-state index contributed by atoms with van der Waals surface area (Å²) in [5.41, 5.74) is 2.88. The Kier molecular flexibility index (Phi) is 3.48. The fourth-order valence-electron chi connectivity index (χ4n) is 2.21. The van der Waals surface area contributed by atoms with Crippen molar-refractivity contribution >= 4 is 33.0 Å². The Hall–Kier alpha value is -1.45. The fraction of sp³-hybridized carbons (Fsp3) is 0.188. The molecule has 0 bridgehead atoms. The summed E-state index contributed by atoms with van der Waals surface area (Å²) < 4.78 is 14.4. The maximum absolute atomic E-state index is 13.8. The van der Waals surface area contributed by atoms with Gasteiger partial charge in [0.25, 0.3) is 0 Å². The van der Waals surface area contributed by atoms with Crippen LogP contribution in [0.15, 0.2) is 35.7 Å². The van der Waals surface area contributed by atoms with Gasteiger partial charge in [0.15, 0.2) is 0 Å². The Labute approximate surface area is 126 Å². The molecule has 0 saturated carbocycles. The van der Waals surface area contributed by atoms with E-state index in [0.29, 0.717) is 15.8 Å². The molecular weight excluding hydrogens is 293 g/mol. The Morgan fingerprint density at radius 1 is 1.25 bits per heavy atom. The van der Waals surface area contributed by atoms with Gasteiger partial charge in [0.2, 0.25) is 0 Å². The van der Waals surface area contributed by atoms with Crippen molar-refractivity contribution in [2.45, 2.75) is 19.8 Å². The van der Waals surface area contributed by atoms with Crippen LogP contribution in [0.1, 0.15) is 25.3 Å². The van der Waals surface area contributed by atoms with Crippen LogP contribution in [0.4, 0.5) is 4.39 Å². The second-order valence-electron chi connectivity index (χ2n) is 5.03. The number of rotatable bonds is 2. The molecule has 1 aromatic carbocycles. The molecule has 0 atom stereocenters. The molecule has 0 spiro atoms. The van der Waals surface area contributed by atoms with Crippen LogP contribution >= 0.6 is 22.9 Å². The summed E-state index contributed by atoms with van der Waals surface area (Å²) in [6.07, 6.45) is 0. The molecule has 3 rings (SSSR count). The number of halogens is 2. The zero-order valence-electron chi connectivity index (χ0n) is 11.2. The molecular formula is C16H13ClFNS. The maximum Gasteiger partial charge on any atom is 0.141 e. The highest BCUT2D eigenvalue weighted by molar-refractivity contribution is 7.17. The van der Waals surface area contributed by atoms with E-state index < -0.39 is 0 Å². The van der Waals surface area contributed by atoms with Gasteiger partial charge in [0.1, 0.15) is 11.0 Å². The first kappa shape index (κ1) is 13.5. The molecule has 3 aromatic rings. The van der Waals surface area contributed by atoms with Gasteiger partial charge in [-0.15, -0.1) is 11.3 Å². The van der Waals surface area contributed by atoms with E-state index in [0.717, 1.165) is 22.2 Å². The lowest BCUT2D eigenvalue weighted by Crippen LogP contribution is -1.92. The van der Waals surface area contributed by atoms with Crippen molar-refractivity contribution in [1.82, 2.24) is 4.98 Å². The van der Waals surface area contributed by atoms with Crippen LogP contribution in [0.5, 0.6) is 0 Å². The minimum atomic E-state index is -0.190. The molecule has 2 aromatic heterocycles. The third kappa shape index (κ3) is 2.32. The van der Waals surface area contributed by atoms with Gasteiger partial charge in [0.05, 0.1) is 10.4 Å². The van der Waals surface area contributed by atoms with E-state index in [4.69, 9.17) is 11.6 Å². The molecule has 0 aliphatic carbocycles. The summed E-state index contributed by atoms with van der Waals surface area (Å²) in [4.78, 5) is 4.39. The van der Waals surface area contributed by atoms with Crippen molar-refractivity contribution < 1.29 is 4.39 Å². The van der Waals surface area contributed by atoms with E-state index in [9.17, 15) is 4.39 Å². The summed E-state index contributed by atoms with van der Waals surface area (Å²) in [6, 6.07) is 9.03. The van der Waals surface area contributed by atoms with Crippen LogP contribution in [-0.2, 0) is 0 Å². The zero-order valence-corrected chi connectivity index (χ0v) is 12.7. The van der Waals surface area contributed by atoms with E-state index in [1.807, 2.05) is 23.6 Å². The van der Waals surface area contributed by atoms with Crippen molar-refractivity contribution in [3.63, 3.8) is 0 Å². The second kappa shape index (κ2) is 5.15. The second-order valence-corrected chi connectivity index (χ2v) is 6.30. The number of hydrogen-bond acceptors (Lipinski definition) is 2. The maximum atomic E-state index is 13.8. The number of pyridine rings is 1. The van der Waals surface area contributed by atoms with Crippen molar-refractivity contribution in [3.05, 3.63) is 52.2 Å². The SMILES string of the molecule is CC(C)c1cc(Cl)nc(-c2csc3c(F)cccc23)c1. The number of benzene rings is 1. The normalized spacial score (nSPS) is 11.4. The van der Waals surface area contributed by atoms with Crippen molar-refractivity contribution in [3.8, 4) is 11.3 Å². The predicted octanol–water partition coefficient (Wildman–Crippen LogP) is 5.88. The highest BCUT2D eigenvalue weighted by atomic mass is 35.5. The van der Waals surface area contributed by atoms with Gasteiger partial charge in [0, 0.05) is 16.3 Å². The van der Waals surface area contributed by atoms with Gasteiger partial charge in [-0.1, -0.05) is 37.6 Å². The average molecular weight is 306 g/mol. The average Bonchev–Trinajstić information content (AvgIpc) is 2.83. The predicted molar refractivity (Wildman–Crippen MR) is 84.1 cm³/mol. The number of fused-ring (bicyclic) bond motifs is 1. The first-order valence-electron chi connectivity index (χ1n) is 6.40. The van der Waals surface area contributed by atoms with Crippen LogP contribution in [0.2, 0.25) is 5.15 Å². The fourth-order valence-corrected chi connectivity index (χ4v) is 3.39. The highest BCUT2D eigenvalue weighted by Crippen LogP contribution is 2.36. The third-order valence-electron chi connectivity index (χ3n) is 3.31. The standard InChI is InChI=1S/C16H13ClFNS/c1-9(2)10-6-14(19-15(17)7-10)12-8-20-16-11(12)4-3-5-13(16)18/h3-9H,1-2H3. The van der Waals surface area contributed by atoms with Gasteiger partial charge >= 0.3 is 0 Å². The molecule has 0 fully saturated rings. The summed E-state index contributed by atoms with van der Waals surface area (Å²) in [5, 5.41) is 3.30. The van der Waals surface area contributed by atoms with E-state index in [-0.39, 0.29) is 5.82 Å². The molecule has 1 nitrogen and oxygen atoms in total. The Morgan fingerprint density at radius 2 is 2.05 bits per heavy atom. The quantitative estimate of drug-likeness (QED) is 0.539. The summed E-state index contributed by atoms with van der Waals surface area (Å²) in [5.74, 6) is 0.181. The van der Waals surface area contributed by atoms with Gasteiger partial charge in [-0.2, -0.15) is 0 Å². The molecule has 0 N–H and O–H groups in total. The number of aromatic nitrogens is 1. The Balaban J connectivity index is 2.23. The van der Waals surface area contributed by atoms with Crippen molar-refractivity contribution in [1.29, 1.82) is 0 Å². The van der Waals surface area contributed by atoms with E-state index in [1.165, 1.54) is 17.4 Å². The number of nitrogens with zero attached hydrogens (tertiary/aromatic N) is 1. The molecule has 0 aliphatic rings. The topological polar surface area (TPSA) is 12.9 Å². The smallest absolute Gasteiger partial charge is 0.141 e. The minimum Gasteiger partial charge on any atom is -0.236 e. The lowest BCUT2D eigenvalue weighted by Gasteiger charge is -2.08. The summed E-state index contributed by atoms with van der Waals surface area (Å²) in [6.45, 7) is 4.22. The van der Waals surface area contributed by atoms with Crippen molar-refractivity contribution in [2.24, 2.45) is 0 Å². The molecule has 4 heteroatoms. The molecule has 0 amide bonds. The largest absolute Gasteiger partial charge is 0.236 e. The van der Waals surface area contributed by atoms with Crippen LogP contribution in [0.3, 0.4) is 0 Å². The minimum absolute atomic E-state index is 0.190. The first-order valence-corrected chi connectivity index (χ1v) is 7.65. The highest BCUT2D eigenvalue weighted by Gasteiger charge is 2.13. The molecule has 0 radical (unpaired) electrons. The molecule has 0 aliphatic heterocycles. The summed E-state index contributed by atoms with van der Waals surface area (Å²) >= 11 is 7.51. The van der Waals surface area contributed by atoms with Gasteiger partial charge in [-0.05, 0) is 29.7 Å². The van der Waals surface area contributed by atoms with Crippen LogP contribution in [0, 0.1) is 5.82 Å². The van der Waals surface area contributed by atoms with E-state index in [2.05, 4.69) is 18.8 Å². The van der Waals surface area contributed by atoms with Crippen LogP contribution < -0.4 is 0 Å².